The second-order valence-corrected chi connectivity index (χ2v) is 3.23. The number of nitrogen functional groups attached to an aromatic ring is 2. The molecule has 0 aliphatic rings. The lowest BCUT2D eigenvalue weighted by Crippen LogP contribution is -2.10. The van der Waals surface area contributed by atoms with Gasteiger partial charge >= 0.3 is 0 Å². The van der Waals surface area contributed by atoms with Gasteiger partial charge in [0.2, 0.25) is 0 Å². The van der Waals surface area contributed by atoms with Crippen LogP contribution in [0.3, 0.4) is 0 Å². The standard InChI is InChI=1S/C9H11BN4/c10-8-4-13-9(11)6-2-1-5(14-12)3-7(6)8/h1-4,14H,10,12H2,(H2,11,13). The number of nitrogens with two attached hydrogens (primary N) is 2. The van der Waals surface area contributed by atoms with E-state index in [0.29, 0.717) is 5.82 Å². The number of anilines is 2. The number of pyridine rings is 1. The molecular formula is C9H11BN4. The van der Waals surface area contributed by atoms with Gasteiger partial charge in [0.1, 0.15) is 13.7 Å². The first-order valence-corrected chi connectivity index (χ1v) is 4.34. The number of rotatable bonds is 1. The van der Waals surface area contributed by atoms with Gasteiger partial charge in [-0.05, 0) is 23.6 Å². The molecule has 1 aromatic carbocycles. The first-order chi connectivity index (χ1) is 6.72. The van der Waals surface area contributed by atoms with Crippen LogP contribution in [0.4, 0.5) is 11.5 Å². The third kappa shape index (κ3) is 1.27. The van der Waals surface area contributed by atoms with Gasteiger partial charge < -0.3 is 11.2 Å². The van der Waals surface area contributed by atoms with Crippen LogP contribution >= 0.6 is 0 Å². The Morgan fingerprint density at radius 1 is 1.29 bits per heavy atom. The molecule has 0 amide bonds. The van der Waals surface area contributed by atoms with Crippen molar-refractivity contribution in [3.63, 3.8) is 0 Å². The van der Waals surface area contributed by atoms with E-state index in [1.807, 2.05) is 26.0 Å². The zero-order chi connectivity index (χ0) is 10.1. The van der Waals surface area contributed by atoms with E-state index in [1.165, 1.54) is 0 Å². The molecule has 1 heterocycles. The van der Waals surface area contributed by atoms with Crippen molar-refractivity contribution >= 4 is 35.6 Å². The molecule has 0 saturated carbocycles. The molecule has 0 radical (unpaired) electrons. The van der Waals surface area contributed by atoms with Crippen molar-refractivity contribution < 1.29 is 0 Å². The van der Waals surface area contributed by atoms with Crippen LogP contribution in [-0.4, -0.2) is 12.8 Å². The lowest BCUT2D eigenvalue weighted by atomic mass is 9.92. The summed E-state index contributed by atoms with van der Waals surface area (Å²) in [5.74, 6) is 5.88. The average Bonchev–Trinajstić information content (AvgIpc) is 2.23. The zero-order valence-electron chi connectivity index (χ0n) is 7.91. The van der Waals surface area contributed by atoms with E-state index in [1.54, 1.807) is 6.20 Å². The number of hydrogen-bond donors (Lipinski definition) is 3. The van der Waals surface area contributed by atoms with Gasteiger partial charge in [-0.1, -0.05) is 5.46 Å². The Bertz CT molecular complexity index is 483. The molecule has 0 aliphatic heterocycles. The lowest BCUT2D eigenvalue weighted by molar-refractivity contribution is 1.35. The summed E-state index contributed by atoms with van der Waals surface area (Å²) < 4.78 is 0. The van der Waals surface area contributed by atoms with E-state index in [2.05, 4.69) is 10.4 Å². The van der Waals surface area contributed by atoms with Crippen LogP contribution in [0.2, 0.25) is 0 Å². The van der Waals surface area contributed by atoms with Crippen molar-refractivity contribution in [3.05, 3.63) is 24.4 Å². The van der Waals surface area contributed by atoms with Gasteiger partial charge in [-0.25, -0.2) is 4.98 Å². The van der Waals surface area contributed by atoms with Crippen LogP contribution < -0.4 is 22.5 Å². The van der Waals surface area contributed by atoms with Crippen molar-refractivity contribution in [2.75, 3.05) is 11.2 Å². The fraction of sp³-hybridized carbons (Fsp3) is 0. The molecule has 70 valence electrons. The quantitative estimate of drug-likeness (QED) is 0.314. The smallest absolute Gasteiger partial charge is 0.142 e. The largest absolute Gasteiger partial charge is 0.383 e. The van der Waals surface area contributed by atoms with E-state index in [0.717, 1.165) is 21.9 Å². The highest BCUT2D eigenvalue weighted by Gasteiger charge is 2.02. The molecule has 0 fully saturated rings. The summed E-state index contributed by atoms with van der Waals surface area (Å²) in [6.07, 6.45) is 1.76. The van der Waals surface area contributed by atoms with Crippen LogP contribution in [0.5, 0.6) is 0 Å². The van der Waals surface area contributed by atoms with Gasteiger partial charge in [0.05, 0.1) is 0 Å². The number of nitrogens with zero attached hydrogens (tertiary/aromatic N) is 1. The summed E-state index contributed by atoms with van der Waals surface area (Å²) in [5.41, 5.74) is 10.3. The number of hydrazine groups is 1. The SMILES string of the molecule is Bc1cnc(N)c2ccc(NN)cc12. The minimum Gasteiger partial charge on any atom is -0.383 e. The monoisotopic (exact) mass is 186 g/mol. The molecule has 2 aromatic rings. The summed E-state index contributed by atoms with van der Waals surface area (Å²) >= 11 is 0. The molecule has 1 aromatic heterocycles. The average molecular weight is 186 g/mol. The van der Waals surface area contributed by atoms with Gasteiger partial charge in [-0.3, -0.25) is 5.84 Å². The van der Waals surface area contributed by atoms with Gasteiger partial charge in [0, 0.05) is 17.3 Å². The summed E-state index contributed by atoms with van der Waals surface area (Å²) in [6.45, 7) is 0. The van der Waals surface area contributed by atoms with E-state index >= 15 is 0 Å². The molecule has 0 unspecified atom stereocenters. The van der Waals surface area contributed by atoms with Crippen molar-refractivity contribution in [1.29, 1.82) is 0 Å². The fourth-order valence-corrected chi connectivity index (χ4v) is 1.49. The van der Waals surface area contributed by atoms with Crippen LogP contribution in [-0.2, 0) is 0 Å². The van der Waals surface area contributed by atoms with Crippen molar-refractivity contribution in [2.45, 2.75) is 0 Å². The highest BCUT2D eigenvalue weighted by molar-refractivity contribution is 6.39. The zero-order valence-corrected chi connectivity index (χ0v) is 7.91. The number of fused-ring (bicyclic) bond motifs is 1. The Hall–Kier alpha value is -1.75. The third-order valence-corrected chi connectivity index (χ3v) is 2.28. The highest BCUT2D eigenvalue weighted by atomic mass is 15.2. The summed E-state index contributed by atoms with van der Waals surface area (Å²) in [7, 11) is 2.00. The van der Waals surface area contributed by atoms with Crippen LogP contribution in [0.15, 0.2) is 24.4 Å². The maximum Gasteiger partial charge on any atom is 0.142 e. The van der Waals surface area contributed by atoms with Gasteiger partial charge in [-0.15, -0.1) is 0 Å². The number of hydrogen-bond acceptors (Lipinski definition) is 4. The third-order valence-electron chi connectivity index (χ3n) is 2.28. The second-order valence-electron chi connectivity index (χ2n) is 3.23. The Labute approximate surface area is 82.7 Å². The minimum atomic E-state index is 0.550. The van der Waals surface area contributed by atoms with Gasteiger partial charge in [0.25, 0.3) is 0 Å². The summed E-state index contributed by atoms with van der Waals surface area (Å²) in [5, 5.41) is 2.04. The summed E-state index contributed by atoms with van der Waals surface area (Å²) in [4.78, 5) is 4.09. The Balaban J connectivity index is 2.80. The molecule has 2 rings (SSSR count). The Morgan fingerprint density at radius 2 is 2.07 bits per heavy atom. The van der Waals surface area contributed by atoms with Crippen LogP contribution in [0.1, 0.15) is 0 Å². The predicted molar refractivity (Wildman–Crippen MR) is 62.1 cm³/mol. The first kappa shape index (κ1) is 8.84. The normalized spacial score (nSPS) is 10.4. The Morgan fingerprint density at radius 3 is 2.79 bits per heavy atom. The molecule has 5 heteroatoms. The molecule has 5 N–H and O–H groups in total. The molecule has 14 heavy (non-hydrogen) atoms. The number of nitrogens with one attached hydrogen (secondary N) is 1. The van der Waals surface area contributed by atoms with E-state index in [-0.39, 0.29) is 0 Å². The first-order valence-electron chi connectivity index (χ1n) is 4.34. The van der Waals surface area contributed by atoms with Crippen LogP contribution in [0, 0.1) is 0 Å². The molecule has 0 atom stereocenters. The number of benzene rings is 1. The van der Waals surface area contributed by atoms with E-state index < -0.39 is 0 Å². The minimum absolute atomic E-state index is 0.550. The summed E-state index contributed by atoms with van der Waals surface area (Å²) in [6, 6.07) is 5.75. The molecular weight excluding hydrogens is 175 g/mol. The van der Waals surface area contributed by atoms with Gasteiger partial charge in [0.15, 0.2) is 0 Å². The molecule has 0 bridgehead atoms. The maximum absolute atomic E-state index is 5.75. The molecule has 0 saturated heterocycles. The predicted octanol–water partition coefficient (Wildman–Crippen LogP) is -0.639. The van der Waals surface area contributed by atoms with E-state index in [4.69, 9.17) is 11.6 Å². The lowest BCUT2D eigenvalue weighted by Gasteiger charge is -2.06. The topological polar surface area (TPSA) is 77.0 Å². The second kappa shape index (κ2) is 3.19. The van der Waals surface area contributed by atoms with Gasteiger partial charge in [-0.2, -0.15) is 0 Å². The highest BCUT2D eigenvalue weighted by Crippen LogP contribution is 2.20. The fourth-order valence-electron chi connectivity index (χ4n) is 1.49. The van der Waals surface area contributed by atoms with Crippen molar-refractivity contribution in [2.24, 2.45) is 5.84 Å². The number of aromatic nitrogens is 1. The molecule has 0 aliphatic carbocycles. The Kier molecular flexibility index (Phi) is 2.01. The van der Waals surface area contributed by atoms with Crippen molar-refractivity contribution in [1.82, 2.24) is 4.98 Å². The van der Waals surface area contributed by atoms with Crippen LogP contribution in [0.25, 0.3) is 10.8 Å². The molecule has 4 nitrogen and oxygen atoms in total. The molecule has 0 spiro atoms. The van der Waals surface area contributed by atoms with E-state index in [9.17, 15) is 0 Å². The maximum atomic E-state index is 5.75. The van der Waals surface area contributed by atoms with Crippen molar-refractivity contribution in [3.8, 4) is 0 Å².